The zero-order chi connectivity index (χ0) is 20.1. The fourth-order valence-corrected chi connectivity index (χ4v) is 3.41. The monoisotopic (exact) mass is 385 g/mol. The summed E-state index contributed by atoms with van der Waals surface area (Å²) >= 11 is 0. The van der Waals surface area contributed by atoms with Crippen molar-refractivity contribution >= 4 is 17.5 Å². The van der Waals surface area contributed by atoms with Gasteiger partial charge in [0.1, 0.15) is 11.4 Å². The summed E-state index contributed by atoms with van der Waals surface area (Å²) in [6.07, 6.45) is 1.89. The Labute approximate surface area is 164 Å². The topological polar surface area (TPSA) is 87.7 Å². The van der Waals surface area contributed by atoms with Crippen molar-refractivity contribution in [2.75, 3.05) is 36.9 Å². The normalized spacial score (nSPS) is 14.9. The summed E-state index contributed by atoms with van der Waals surface area (Å²) in [4.78, 5) is 37.3. The third kappa shape index (κ3) is 4.52. The third-order valence-electron chi connectivity index (χ3n) is 5.12. The van der Waals surface area contributed by atoms with Gasteiger partial charge in [-0.15, -0.1) is 0 Å². The summed E-state index contributed by atoms with van der Waals surface area (Å²) < 4.78 is 5.01. The molecule has 1 heterocycles. The van der Waals surface area contributed by atoms with Gasteiger partial charge in [0.25, 0.3) is 10.9 Å². The second-order valence-electron chi connectivity index (χ2n) is 7.18. The number of hydrogen-bond acceptors (Lipinski definition) is 6. The highest BCUT2D eigenvalue weighted by Crippen LogP contribution is 2.20. The van der Waals surface area contributed by atoms with Crippen LogP contribution in [0.15, 0.2) is 33.9 Å². The molecular formula is C21H27N3O4. The Kier molecular flexibility index (Phi) is 6.34. The van der Waals surface area contributed by atoms with Crippen molar-refractivity contribution in [3.8, 4) is 0 Å². The van der Waals surface area contributed by atoms with Crippen molar-refractivity contribution in [1.29, 1.82) is 0 Å². The standard InChI is InChI=1S/C21H27N3O4/c1-3-28-21(27)24-12-9-16(10-13-24)23-18-17(19(25)20(18)26)22-11-8-15-6-4-14(2)5-7-15/h4-7,16,22-23H,3,8-13H2,1-2H3. The van der Waals surface area contributed by atoms with Gasteiger partial charge in [0.15, 0.2) is 0 Å². The summed E-state index contributed by atoms with van der Waals surface area (Å²) in [5, 5.41) is 6.31. The second-order valence-corrected chi connectivity index (χ2v) is 7.18. The molecule has 0 aromatic heterocycles. The van der Waals surface area contributed by atoms with Gasteiger partial charge in [-0.25, -0.2) is 4.79 Å². The lowest BCUT2D eigenvalue weighted by Crippen LogP contribution is -2.45. The summed E-state index contributed by atoms with van der Waals surface area (Å²) in [5.74, 6) is 0. The van der Waals surface area contributed by atoms with E-state index in [2.05, 4.69) is 34.9 Å². The maximum atomic E-state index is 12.0. The first kappa shape index (κ1) is 19.9. The molecule has 0 aliphatic carbocycles. The van der Waals surface area contributed by atoms with Crippen molar-refractivity contribution in [2.24, 2.45) is 0 Å². The van der Waals surface area contributed by atoms with Crippen LogP contribution in [-0.2, 0) is 11.2 Å². The number of anilines is 2. The maximum absolute atomic E-state index is 12.0. The number of nitrogens with one attached hydrogen (secondary N) is 2. The number of carbonyl (C=O) groups excluding carboxylic acids is 1. The molecule has 2 aromatic rings. The smallest absolute Gasteiger partial charge is 0.409 e. The lowest BCUT2D eigenvalue weighted by Gasteiger charge is -2.32. The van der Waals surface area contributed by atoms with Crippen molar-refractivity contribution in [1.82, 2.24) is 4.90 Å². The van der Waals surface area contributed by atoms with Crippen LogP contribution in [-0.4, -0.2) is 43.3 Å². The molecule has 1 aliphatic rings. The number of rotatable bonds is 7. The van der Waals surface area contributed by atoms with Crippen molar-refractivity contribution in [3.63, 3.8) is 0 Å². The van der Waals surface area contributed by atoms with Gasteiger partial charge in [-0.2, -0.15) is 0 Å². The minimum atomic E-state index is -0.467. The van der Waals surface area contributed by atoms with Crippen LogP contribution in [0.1, 0.15) is 30.9 Å². The zero-order valence-corrected chi connectivity index (χ0v) is 16.4. The van der Waals surface area contributed by atoms with Crippen LogP contribution in [0, 0.1) is 6.92 Å². The molecule has 1 amide bonds. The van der Waals surface area contributed by atoms with Crippen molar-refractivity contribution in [3.05, 3.63) is 55.8 Å². The number of piperidine rings is 1. The molecule has 2 N–H and O–H groups in total. The lowest BCUT2D eigenvalue weighted by molar-refractivity contribution is 0.0983. The Morgan fingerprint density at radius 2 is 1.75 bits per heavy atom. The van der Waals surface area contributed by atoms with E-state index in [1.165, 1.54) is 11.1 Å². The van der Waals surface area contributed by atoms with Crippen LogP contribution in [0.5, 0.6) is 0 Å². The molecule has 0 saturated carbocycles. The Bertz CT molecular complexity index is 876. The van der Waals surface area contributed by atoms with Crippen LogP contribution >= 0.6 is 0 Å². The first-order valence-corrected chi connectivity index (χ1v) is 9.80. The van der Waals surface area contributed by atoms with E-state index in [4.69, 9.17) is 4.74 Å². The predicted octanol–water partition coefficient (Wildman–Crippen LogP) is 2.28. The van der Waals surface area contributed by atoms with E-state index in [1.54, 1.807) is 11.8 Å². The molecular weight excluding hydrogens is 358 g/mol. The van der Waals surface area contributed by atoms with Crippen LogP contribution in [0.3, 0.4) is 0 Å². The maximum Gasteiger partial charge on any atom is 0.409 e. The zero-order valence-electron chi connectivity index (χ0n) is 16.4. The van der Waals surface area contributed by atoms with Gasteiger partial charge >= 0.3 is 6.09 Å². The third-order valence-corrected chi connectivity index (χ3v) is 5.12. The van der Waals surface area contributed by atoms with Gasteiger partial charge in [0, 0.05) is 25.7 Å². The van der Waals surface area contributed by atoms with E-state index < -0.39 is 10.9 Å². The van der Waals surface area contributed by atoms with E-state index in [0.29, 0.717) is 50.5 Å². The fourth-order valence-electron chi connectivity index (χ4n) is 3.41. The fraction of sp³-hybridized carbons (Fsp3) is 0.476. The minimum Gasteiger partial charge on any atom is -0.450 e. The number of benzene rings is 1. The number of carbonyl (C=O) groups is 1. The first-order valence-electron chi connectivity index (χ1n) is 9.80. The van der Waals surface area contributed by atoms with Gasteiger partial charge in [0.2, 0.25) is 0 Å². The highest BCUT2D eigenvalue weighted by Gasteiger charge is 2.27. The molecule has 0 radical (unpaired) electrons. The Hall–Kier alpha value is -2.83. The number of ether oxygens (including phenoxy) is 1. The molecule has 0 spiro atoms. The predicted molar refractivity (Wildman–Crippen MR) is 110 cm³/mol. The summed E-state index contributed by atoms with van der Waals surface area (Å²) in [7, 11) is 0. The van der Waals surface area contributed by atoms with E-state index in [0.717, 1.165) is 6.42 Å². The summed E-state index contributed by atoms with van der Waals surface area (Å²) in [5.41, 5.74) is 2.21. The van der Waals surface area contributed by atoms with Crippen molar-refractivity contribution in [2.45, 2.75) is 39.2 Å². The Morgan fingerprint density at radius 3 is 2.39 bits per heavy atom. The molecule has 7 nitrogen and oxygen atoms in total. The Balaban J connectivity index is 1.51. The summed E-state index contributed by atoms with van der Waals surface area (Å²) in [6, 6.07) is 8.31. The van der Waals surface area contributed by atoms with E-state index in [1.807, 2.05) is 6.92 Å². The average Bonchev–Trinajstić information content (AvgIpc) is 2.71. The van der Waals surface area contributed by atoms with Gasteiger partial charge in [-0.3, -0.25) is 9.59 Å². The highest BCUT2D eigenvalue weighted by molar-refractivity contribution is 5.74. The molecule has 28 heavy (non-hydrogen) atoms. The van der Waals surface area contributed by atoms with Crippen LogP contribution in [0.4, 0.5) is 16.2 Å². The lowest BCUT2D eigenvalue weighted by atomic mass is 10.0. The number of hydrogen-bond donors (Lipinski definition) is 2. The van der Waals surface area contributed by atoms with Crippen LogP contribution in [0.25, 0.3) is 0 Å². The molecule has 0 bridgehead atoms. The largest absolute Gasteiger partial charge is 0.450 e. The molecule has 0 unspecified atom stereocenters. The minimum absolute atomic E-state index is 0.0617. The number of amides is 1. The van der Waals surface area contributed by atoms with Crippen molar-refractivity contribution < 1.29 is 9.53 Å². The van der Waals surface area contributed by atoms with E-state index in [9.17, 15) is 14.4 Å². The van der Waals surface area contributed by atoms with E-state index >= 15 is 0 Å². The van der Waals surface area contributed by atoms with Gasteiger partial charge < -0.3 is 20.3 Å². The SMILES string of the molecule is CCOC(=O)N1CCC(Nc2c(NCCc3ccc(C)cc3)c(=O)c2=O)CC1. The first-order chi connectivity index (χ1) is 13.5. The van der Waals surface area contributed by atoms with E-state index in [-0.39, 0.29) is 12.1 Å². The van der Waals surface area contributed by atoms with Gasteiger partial charge in [-0.05, 0) is 38.7 Å². The molecule has 2 aromatic carbocycles. The van der Waals surface area contributed by atoms with Crippen LogP contribution < -0.4 is 21.5 Å². The van der Waals surface area contributed by atoms with Gasteiger partial charge in [0.05, 0.1) is 6.61 Å². The van der Waals surface area contributed by atoms with Gasteiger partial charge in [-0.1, -0.05) is 29.8 Å². The summed E-state index contributed by atoms with van der Waals surface area (Å²) in [6.45, 7) is 5.91. The second kappa shape index (κ2) is 8.91. The Morgan fingerprint density at radius 1 is 1.11 bits per heavy atom. The molecule has 1 aliphatic heterocycles. The molecule has 1 fully saturated rings. The molecule has 3 rings (SSSR count). The quantitative estimate of drug-likeness (QED) is 0.711. The molecule has 7 heteroatoms. The molecule has 0 atom stereocenters. The number of aryl methyl sites for hydroxylation is 1. The molecule has 150 valence electrons. The number of nitrogens with zero attached hydrogens (tertiary/aromatic N) is 1. The average molecular weight is 385 g/mol. The molecule has 1 saturated heterocycles. The number of likely N-dealkylation sites (tertiary alicyclic amines) is 1. The van der Waals surface area contributed by atoms with Crippen LogP contribution in [0.2, 0.25) is 0 Å². The highest BCUT2D eigenvalue weighted by atomic mass is 16.6.